The number of para-hydroxylation sites is 1. The summed E-state index contributed by atoms with van der Waals surface area (Å²) in [6.45, 7) is 6.80. The van der Waals surface area contributed by atoms with E-state index in [1.165, 1.54) is 0 Å². The number of carbonyl (C=O) groups is 2. The zero-order valence-electron chi connectivity index (χ0n) is 23.5. The monoisotopic (exact) mass is 541 g/mol. The van der Waals surface area contributed by atoms with Gasteiger partial charge in [0.1, 0.15) is 5.60 Å². The minimum Gasteiger partial charge on any atom is -0.481 e. The van der Waals surface area contributed by atoms with Crippen LogP contribution in [0, 0.1) is 0 Å². The third kappa shape index (κ3) is 8.20. The quantitative estimate of drug-likeness (QED) is 0.198. The van der Waals surface area contributed by atoms with Gasteiger partial charge in [0.25, 0.3) is 0 Å². The van der Waals surface area contributed by atoms with Gasteiger partial charge in [-0.25, -0.2) is 4.79 Å². The summed E-state index contributed by atoms with van der Waals surface area (Å²) < 4.78 is 5.79. The largest absolute Gasteiger partial charge is 0.481 e. The van der Waals surface area contributed by atoms with Gasteiger partial charge < -0.3 is 25.0 Å². The summed E-state index contributed by atoms with van der Waals surface area (Å²) in [7, 11) is 0. The van der Waals surface area contributed by atoms with E-state index in [9.17, 15) is 14.7 Å². The van der Waals surface area contributed by atoms with Crippen LogP contribution in [0.3, 0.4) is 0 Å². The smallest absolute Gasteiger partial charge is 0.410 e. The highest BCUT2D eigenvalue weighted by atomic mass is 16.6. The molecule has 0 fully saturated rings. The zero-order valence-corrected chi connectivity index (χ0v) is 23.5. The fourth-order valence-corrected chi connectivity index (χ4v) is 4.97. The Kier molecular flexibility index (Phi) is 9.61. The molecule has 1 amide bonds. The molecule has 4 aromatic rings. The molecule has 0 spiro atoms. The lowest BCUT2D eigenvalue weighted by atomic mass is 9.91. The number of amides is 1. The Morgan fingerprint density at radius 3 is 2.12 bits per heavy atom. The highest BCUT2D eigenvalue weighted by Gasteiger charge is 2.26. The molecule has 0 radical (unpaired) electrons. The van der Waals surface area contributed by atoms with Gasteiger partial charge in [0.15, 0.2) is 0 Å². The van der Waals surface area contributed by atoms with Crippen LogP contribution in [-0.4, -0.2) is 58.3 Å². The Bertz CT molecular complexity index is 1340. The second kappa shape index (κ2) is 13.3. The van der Waals surface area contributed by atoms with Gasteiger partial charge in [-0.2, -0.15) is 0 Å². The molecule has 0 aliphatic heterocycles. The van der Waals surface area contributed by atoms with Crippen LogP contribution in [0.1, 0.15) is 49.8 Å². The van der Waals surface area contributed by atoms with Gasteiger partial charge in [0, 0.05) is 48.7 Å². The maximum atomic E-state index is 13.4. The van der Waals surface area contributed by atoms with Crippen LogP contribution in [-0.2, 0) is 16.0 Å². The summed E-state index contributed by atoms with van der Waals surface area (Å²) in [5.41, 5.74) is 3.66. The summed E-state index contributed by atoms with van der Waals surface area (Å²) in [6.07, 6.45) is 2.08. The molecule has 3 N–H and O–H groups in total. The third-order valence-corrected chi connectivity index (χ3v) is 6.84. The Morgan fingerprint density at radius 2 is 1.52 bits per heavy atom. The maximum absolute atomic E-state index is 13.4. The molecular weight excluding hydrogens is 502 g/mol. The number of hydrogen-bond acceptors (Lipinski definition) is 4. The predicted octanol–water partition coefficient (Wildman–Crippen LogP) is 6.21. The number of rotatable bonds is 12. The molecule has 1 heterocycles. The van der Waals surface area contributed by atoms with E-state index in [2.05, 4.69) is 34.6 Å². The number of nitrogens with zero attached hydrogens (tertiary/aromatic N) is 1. The van der Waals surface area contributed by atoms with Crippen LogP contribution in [0.5, 0.6) is 0 Å². The van der Waals surface area contributed by atoms with Crippen LogP contribution in [0.4, 0.5) is 4.79 Å². The molecule has 40 heavy (non-hydrogen) atoms. The first-order valence-corrected chi connectivity index (χ1v) is 13.8. The van der Waals surface area contributed by atoms with Crippen LogP contribution in [0.15, 0.2) is 91.1 Å². The molecule has 0 aliphatic carbocycles. The fourth-order valence-electron chi connectivity index (χ4n) is 4.97. The molecule has 210 valence electrons. The Labute approximate surface area is 236 Å². The lowest BCUT2D eigenvalue weighted by Crippen LogP contribution is -2.44. The predicted molar refractivity (Wildman–Crippen MR) is 159 cm³/mol. The van der Waals surface area contributed by atoms with Crippen molar-refractivity contribution < 1.29 is 19.4 Å². The minimum atomic E-state index is -0.866. The summed E-state index contributed by atoms with van der Waals surface area (Å²) in [6, 6.07) is 28.0. The molecule has 1 aromatic heterocycles. The topological polar surface area (TPSA) is 94.7 Å². The number of H-pyrrole nitrogens is 1. The lowest BCUT2D eigenvalue weighted by Gasteiger charge is -2.31. The number of carbonyl (C=O) groups excluding carboxylic acids is 1. The van der Waals surface area contributed by atoms with E-state index < -0.39 is 17.7 Å². The molecule has 1 unspecified atom stereocenters. The van der Waals surface area contributed by atoms with E-state index in [1.54, 1.807) is 4.90 Å². The number of aliphatic carboxylic acids is 1. The Morgan fingerprint density at radius 1 is 0.925 bits per heavy atom. The number of carboxylic acids is 1. The van der Waals surface area contributed by atoms with Crippen molar-refractivity contribution >= 4 is 23.0 Å². The fraction of sp³-hybridized carbons (Fsp3) is 0.333. The van der Waals surface area contributed by atoms with E-state index in [0.29, 0.717) is 26.1 Å². The van der Waals surface area contributed by atoms with Gasteiger partial charge in [-0.15, -0.1) is 0 Å². The Balaban J connectivity index is 1.51. The molecule has 3 aromatic carbocycles. The second-order valence-electron chi connectivity index (χ2n) is 11.1. The van der Waals surface area contributed by atoms with E-state index in [4.69, 9.17) is 4.74 Å². The highest BCUT2D eigenvalue weighted by molar-refractivity contribution is 5.83. The van der Waals surface area contributed by atoms with E-state index in [-0.39, 0.29) is 18.4 Å². The van der Waals surface area contributed by atoms with Crippen LogP contribution in [0.2, 0.25) is 0 Å². The summed E-state index contributed by atoms with van der Waals surface area (Å²) in [4.78, 5) is 30.1. The molecule has 7 heteroatoms. The first-order chi connectivity index (χ1) is 19.2. The molecule has 0 aliphatic rings. The average Bonchev–Trinajstić information content (AvgIpc) is 3.33. The number of fused-ring (bicyclic) bond motifs is 1. The van der Waals surface area contributed by atoms with E-state index in [0.717, 1.165) is 27.6 Å². The molecule has 1 atom stereocenters. The van der Waals surface area contributed by atoms with Gasteiger partial charge >= 0.3 is 12.1 Å². The first kappa shape index (κ1) is 28.9. The van der Waals surface area contributed by atoms with Gasteiger partial charge in [-0.1, -0.05) is 78.9 Å². The van der Waals surface area contributed by atoms with Crippen molar-refractivity contribution in [2.24, 2.45) is 0 Å². The molecule has 0 saturated heterocycles. The number of ether oxygens (including phenoxy) is 1. The number of aromatic nitrogens is 1. The van der Waals surface area contributed by atoms with Crippen molar-refractivity contribution in [3.8, 4) is 0 Å². The van der Waals surface area contributed by atoms with Crippen LogP contribution < -0.4 is 5.32 Å². The second-order valence-corrected chi connectivity index (χ2v) is 11.1. The van der Waals surface area contributed by atoms with E-state index in [1.807, 2.05) is 87.6 Å². The lowest BCUT2D eigenvalue weighted by molar-refractivity contribution is -0.137. The number of aromatic amines is 1. The highest BCUT2D eigenvalue weighted by Crippen LogP contribution is 2.26. The van der Waals surface area contributed by atoms with Gasteiger partial charge in [-0.3, -0.25) is 4.79 Å². The summed E-state index contributed by atoms with van der Waals surface area (Å²) in [5, 5.41) is 14.1. The maximum Gasteiger partial charge on any atom is 0.410 e. The number of benzene rings is 3. The molecule has 7 nitrogen and oxygen atoms in total. The normalized spacial score (nSPS) is 12.4. The van der Waals surface area contributed by atoms with Gasteiger partial charge in [0.05, 0.1) is 6.42 Å². The molecular formula is C33H39N3O4. The number of carboxylic acid groups (broad SMARTS) is 1. The third-order valence-electron chi connectivity index (χ3n) is 6.84. The van der Waals surface area contributed by atoms with Gasteiger partial charge in [-0.05, 0) is 49.9 Å². The van der Waals surface area contributed by atoms with Crippen molar-refractivity contribution in [1.29, 1.82) is 0 Å². The van der Waals surface area contributed by atoms with Crippen LogP contribution >= 0.6 is 0 Å². The number of hydrogen-bond donors (Lipinski definition) is 3. The minimum absolute atomic E-state index is 0.0252. The molecule has 4 rings (SSSR count). The number of nitrogens with one attached hydrogen (secondary N) is 2. The van der Waals surface area contributed by atoms with Crippen LogP contribution in [0.25, 0.3) is 10.9 Å². The van der Waals surface area contributed by atoms with Crippen molar-refractivity contribution in [3.05, 3.63) is 108 Å². The average molecular weight is 542 g/mol. The summed E-state index contributed by atoms with van der Waals surface area (Å²) >= 11 is 0. The van der Waals surface area contributed by atoms with Gasteiger partial charge in [0.2, 0.25) is 0 Å². The van der Waals surface area contributed by atoms with Crippen molar-refractivity contribution in [2.75, 3.05) is 19.6 Å². The van der Waals surface area contributed by atoms with E-state index >= 15 is 0 Å². The van der Waals surface area contributed by atoms with Crippen molar-refractivity contribution in [1.82, 2.24) is 15.2 Å². The standard InChI is InChI=1S/C33H39N3O4/c1-33(2,3)40-32(39)36(23-29(24-12-6-4-7-13-24)25-14-8-5-9-15-25)19-18-34-27(21-31(37)38)20-26-22-35-30-17-11-10-16-28(26)30/h4-17,22,27,29,34-35H,18-21,23H2,1-3H3,(H,37,38). The zero-order chi connectivity index (χ0) is 28.5. The molecule has 0 bridgehead atoms. The SMILES string of the molecule is CC(C)(C)OC(=O)N(CCNC(CC(=O)O)Cc1c[nH]c2ccccc12)CC(c1ccccc1)c1ccccc1. The molecule has 0 saturated carbocycles. The summed E-state index contributed by atoms with van der Waals surface area (Å²) in [5.74, 6) is -0.912. The first-order valence-electron chi connectivity index (χ1n) is 13.8. The van der Waals surface area contributed by atoms with Crippen molar-refractivity contribution in [3.63, 3.8) is 0 Å². The van der Waals surface area contributed by atoms with Crippen molar-refractivity contribution in [2.45, 2.75) is 51.2 Å². The Hall–Kier alpha value is -4.10.